The van der Waals surface area contributed by atoms with Gasteiger partial charge in [0.2, 0.25) is 0 Å². The van der Waals surface area contributed by atoms with Crippen molar-refractivity contribution in [1.82, 2.24) is 10.6 Å². The molecule has 1 fully saturated rings. The van der Waals surface area contributed by atoms with Gasteiger partial charge in [-0.3, -0.25) is 4.99 Å². The number of rotatable bonds is 6. The first-order chi connectivity index (χ1) is 11.0. The monoisotopic (exact) mass is 319 g/mol. The van der Waals surface area contributed by atoms with Gasteiger partial charge in [-0.1, -0.05) is 12.1 Å². The van der Waals surface area contributed by atoms with Gasteiger partial charge >= 0.3 is 0 Å². The van der Waals surface area contributed by atoms with Crippen LogP contribution in [0.5, 0.6) is 5.75 Å². The van der Waals surface area contributed by atoms with Crippen molar-refractivity contribution < 1.29 is 9.47 Å². The van der Waals surface area contributed by atoms with E-state index in [0.717, 1.165) is 37.7 Å². The predicted molar refractivity (Wildman–Crippen MR) is 94.2 cm³/mol. The highest BCUT2D eigenvalue weighted by atomic mass is 16.5. The van der Waals surface area contributed by atoms with Crippen molar-refractivity contribution in [2.75, 3.05) is 26.7 Å². The molecule has 0 bridgehead atoms. The summed E-state index contributed by atoms with van der Waals surface area (Å²) in [6.45, 7) is 8.55. The molecule has 1 saturated heterocycles. The van der Waals surface area contributed by atoms with E-state index in [4.69, 9.17) is 9.47 Å². The summed E-state index contributed by atoms with van der Waals surface area (Å²) in [5.41, 5.74) is 1.12. The van der Waals surface area contributed by atoms with Gasteiger partial charge in [0.25, 0.3) is 0 Å². The highest BCUT2D eigenvalue weighted by Crippen LogP contribution is 2.23. The second-order valence-corrected chi connectivity index (χ2v) is 6.45. The third-order valence-electron chi connectivity index (χ3n) is 4.04. The molecule has 1 aromatic carbocycles. The van der Waals surface area contributed by atoms with Crippen molar-refractivity contribution in [3.8, 4) is 5.75 Å². The van der Waals surface area contributed by atoms with Crippen molar-refractivity contribution in [3.63, 3.8) is 0 Å². The standard InChI is InChI=1S/C18H29N3O2/c1-14-7-5-8-16(11-14)23-15(2)12-20-17(19-4)21-13-18(3)9-6-10-22-18/h5,7-8,11,15H,6,9-10,12-13H2,1-4H3,(H2,19,20,21). The maximum atomic E-state index is 5.92. The molecule has 0 saturated carbocycles. The molecule has 23 heavy (non-hydrogen) atoms. The molecule has 128 valence electrons. The number of aliphatic imine (C=N–C) groups is 1. The van der Waals surface area contributed by atoms with E-state index in [2.05, 4.69) is 35.5 Å². The minimum absolute atomic E-state index is 0.0497. The molecule has 2 N–H and O–H groups in total. The topological polar surface area (TPSA) is 54.9 Å². The number of nitrogens with zero attached hydrogens (tertiary/aromatic N) is 1. The number of ether oxygens (including phenoxy) is 2. The third-order valence-corrected chi connectivity index (χ3v) is 4.04. The minimum Gasteiger partial charge on any atom is -0.489 e. The van der Waals surface area contributed by atoms with Crippen LogP contribution >= 0.6 is 0 Å². The lowest BCUT2D eigenvalue weighted by Gasteiger charge is -2.25. The first-order valence-corrected chi connectivity index (χ1v) is 8.32. The summed E-state index contributed by atoms with van der Waals surface area (Å²) in [6.07, 6.45) is 2.27. The van der Waals surface area contributed by atoms with Crippen LogP contribution in [0.2, 0.25) is 0 Å². The minimum atomic E-state index is -0.0820. The van der Waals surface area contributed by atoms with E-state index in [-0.39, 0.29) is 11.7 Å². The molecular weight excluding hydrogens is 290 g/mol. The number of hydrogen-bond acceptors (Lipinski definition) is 3. The second-order valence-electron chi connectivity index (χ2n) is 6.45. The summed E-state index contributed by atoms with van der Waals surface area (Å²) in [5, 5.41) is 6.64. The zero-order valence-corrected chi connectivity index (χ0v) is 14.7. The molecule has 0 radical (unpaired) electrons. The van der Waals surface area contributed by atoms with E-state index in [0.29, 0.717) is 6.54 Å². The fraction of sp³-hybridized carbons (Fsp3) is 0.611. The third kappa shape index (κ3) is 5.75. The Morgan fingerprint density at radius 1 is 1.43 bits per heavy atom. The first-order valence-electron chi connectivity index (χ1n) is 8.32. The molecule has 2 rings (SSSR count). The van der Waals surface area contributed by atoms with Gasteiger partial charge in [-0.15, -0.1) is 0 Å². The fourth-order valence-electron chi connectivity index (χ4n) is 2.67. The van der Waals surface area contributed by atoms with Gasteiger partial charge in [-0.2, -0.15) is 0 Å². The molecule has 5 heteroatoms. The summed E-state index contributed by atoms with van der Waals surface area (Å²) < 4.78 is 11.7. The van der Waals surface area contributed by atoms with Gasteiger partial charge in [-0.05, 0) is 51.3 Å². The average molecular weight is 319 g/mol. The quantitative estimate of drug-likeness (QED) is 0.625. The summed E-state index contributed by atoms with van der Waals surface area (Å²) in [5.74, 6) is 1.68. The Balaban J connectivity index is 1.74. The maximum Gasteiger partial charge on any atom is 0.191 e. The van der Waals surface area contributed by atoms with Crippen molar-refractivity contribution in [1.29, 1.82) is 0 Å². The van der Waals surface area contributed by atoms with E-state index >= 15 is 0 Å². The van der Waals surface area contributed by atoms with Gasteiger partial charge < -0.3 is 20.1 Å². The molecule has 2 atom stereocenters. The normalized spacial score (nSPS) is 22.7. The van der Waals surface area contributed by atoms with Gasteiger partial charge in [0.15, 0.2) is 5.96 Å². The van der Waals surface area contributed by atoms with Crippen LogP contribution in [0, 0.1) is 6.92 Å². The Labute approximate surface area is 139 Å². The lowest BCUT2D eigenvalue weighted by molar-refractivity contribution is 0.0242. The summed E-state index contributed by atoms with van der Waals surface area (Å²) >= 11 is 0. The largest absolute Gasteiger partial charge is 0.489 e. The summed E-state index contributed by atoms with van der Waals surface area (Å²) in [7, 11) is 1.78. The lowest BCUT2D eigenvalue weighted by Crippen LogP contribution is -2.47. The molecule has 1 aliphatic rings. The SMILES string of the molecule is CN=C(NCC(C)Oc1cccc(C)c1)NCC1(C)CCCO1. The molecule has 0 aromatic heterocycles. The average Bonchev–Trinajstić information content (AvgIpc) is 2.94. The molecule has 1 heterocycles. The summed E-state index contributed by atoms with van der Waals surface area (Å²) in [4.78, 5) is 4.26. The fourth-order valence-corrected chi connectivity index (χ4v) is 2.67. The van der Waals surface area contributed by atoms with Crippen LogP contribution in [0.4, 0.5) is 0 Å². The van der Waals surface area contributed by atoms with Crippen LogP contribution < -0.4 is 15.4 Å². The second kappa shape index (κ2) is 8.20. The number of benzene rings is 1. The van der Waals surface area contributed by atoms with Crippen LogP contribution in [-0.4, -0.2) is 44.4 Å². The van der Waals surface area contributed by atoms with Crippen molar-refractivity contribution in [2.45, 2.75) is 45.3 Å². The van der Waals surface area contributed by atoms with E-state index in [9.17, 15) is 0 Å². The number of aryl methyl sites for hydroxylation is 1. The molecule has 2 unspecified atom stereocenters. The van der Waals surface area contributed by atoms with Crippen LogP contribution in [-0.2, 0) is 4.74 Å². The Morgan fingerprint density at radius 3 is 2.91 bits per heavy atom. The van der Waals surface area contributed by atoms with Crippen LogP contribution in [0.1, 0.15) is 32.3 Å². The number of guanidine groups is 1. The molecule has 0 spiro atoms. The van der Waals surface area contributed by atoms with Crippen molar-refractivity contribution >= 4 is 5.96 Å². The predicted octanol–water partition coefficient (Wildman–Crippen LogP) is 2.50. The zero-order chi connectivity index (χ0) is 16.7. The zero-order valence-electron chi connectivity index (χ0n) is 14.7. The smallest absolute Gasteiger partial charge is 0.191 e. The molecule has 5 nitrogen and oxygen atoms in total. The Hall–Kier alpha value is -1.75. The van der Waals surface area contributed by atoms with Gasteiger partial charge in [0.05, 0.1) is 12.1 Å². The van der Waals surface area contributed by atoms with Gasteiger partial charge in [0, 0.05) is 20.2 Å². The van der Waals surface area contributed by atoms with E-state index in [1.165, 1.54) is 5.56 Å². The van der Waals surface area contributed by atoms with E-state index < -0.39 is 0 Å². The van der Waals surface area contributed by atoms with Crippen molar-refractivity contribution in [3.05, 3.63) is 29.8 Å². The molecule has 0 aliphatic carbocycles. The van der Waals surface area contributed by atoms with E-state index in [1.54, 1.807) is 7.05 Å². The molecule has 1 aromatic rings. The van der Waals surface area contributed by atoms with Gasteiger partial charge in [0.1, 0.15) is 11.9 Å². The van der Waals surface area contributed by atoms with E-state index in [1.807, 2.05) is 25.1 Å². The lowest BCUT2D eigenvalue weighted by atomic mass is 10.0. The first kappa shape index (κ1) is 17.6. The number of hydrogen-bond donors (Lipinski definition) is 2. The highest BCUT2D eigenvalue weighted by molar-refractivity contribution is 5.79. The van der Waals surface area contributed by atoms with Crippen LogP contribution in [0.15, 0.2) is 29.3 Å². The van der Waals surface area contributed by atoms with Crippen LogP contribution in [0.25, 0.3) is 0 Å². The Bertz CT molecular complexity index is 525. The molecule has 0 amide bonds. The number of nitrogens with one attached hydrogen (secondary N) is 2. The molecular formula is C18H29N3O2. The molecule has 1 aliphatic heterocycles. The summed E-state index contributed by atoms with van der Waals surface area (Å²) in [6, 6.07) is 8.09. The van der Waals surface area contributed by atoms with Gasteiger partial charge in [-0.25, -0.2) is 0 Å². The van der Waals surface area contributed by atoms with Crippen molar-refractivity contribution in [2.24, 2.45) is 4.99 Å². The highest BCUT2D eigenvalue weighted by Gasteiger charge is 2.29. The Morgan fingerprint density at radius 2 is 2.26 bits per heavy atom. The van der Waals surface area contributed by atoms with Crippen LogP contribution in [0.3, 0.4) is 0 Å². The maximum absolute atomic E-state index is 5.92. The Kier molecular flexibility index (Phi) is 6.28.